The summed E-state index contributed by atoms with van der Waals surface area (Å²) in [6.07, 6.45) is 0. The van der Waals surface area contributed by atoms with Crippen LogP contribution in [0.2, 0.25) is 0 Å². The number of nitrogens with one attached hydrogen (secondary N) is 1. The van der Waals surface area contributed by atoms with E-state index in [0.29, 0.717) is 0 Å². The number of aromatic nitrogens is 2. The van der Waals surface area contributed by atoms with Gasteiger partial charge >= 0.3 is 0 Å². The van der Waals surface area contributed by atoms with E-state index in [1.54, 1.807) is 23.5 Å². The first-order valence-electron chi connectivity index (χ1n) is 9.32. The average molecular weight is 426 g/mol. The quantitative estimate of drug-likeness (QED) is 0.411. The molecule has 0 radical (unpaired) electrons. The van der Waals surface area contributed by atoms with Crippen molar-refractivity contribution in [2.24, 2.45) is 0 Å². The Morgan fingerprint density at radius 3 is 2.69 bits per heavy atom. The van der Waals surface area contributed by atoms with Gasteiger partial charge in [-0.05, 0) is 48.2 Å². The van der Waals surface area contributed by atoms with Crippen molar-refractivity contribution >= 4 is 40.0 Å². The number of halogens is 1. The Labute approximate surface area is 176 Å². The van der Waals surface area contributed by atoms with Crippen molar-refractivity contribution in [2.75, 3.05) is 5.75 Å². The van der Waals surface area contributed by atoms with Crippen LogP contribution in [0, 0.1) is 5.82 Å². The lowest BCUT2D eigenvalue weighted by atomic mass is 10.1. The maximum atomic E-state index is 13.3. The number of nitrogens with zero attached hydrogens (tertiary/aromatic N) is 2. The van der Waals surface area contributed by atoms with Crippen LogP contribution >= 0.6 is 23.1 Å². The van der Waals surface area contributed by atoms with Crippen molar-refractivity contribution in [3.05, 3.63) is 82.3 Å². The van der Waals surface area contributed by atoms with Crippen LogP contribution < -0.4 is 5.32 Å². The Balaban J connectivity index is 1.50. The maximum Gasteiger partial charge on any atom is 0.231 e. The number of carbonyl (C=O) groups is 1. The summed E-state index contributed by atoms with van der Waals surface area (Å²) in [6.45, 7) is 2.86. The van der Waals surface area contributed by atoms with Gasteiger partial charge in [-0.1, -0.05) is 42.1 Å². The molecule has 7 heteroatoms. The molecule has 1 N–H and O–H groups in total. The van der Waals surface area contributed by atoms with Crippen LogP contribution in [0.1, 0.15) is 23.4 Å². The third-order valence-electron chi connectivity index (χ3n) is 4.60. The summed E-state index contributed by atoms with van der Waals surface area (Å²) >= 11 is 2.99. The molecule has 2 aromatic heterocycles. The zero-order valence-electron chi connectivity index (χ0n) is 15.8. The van der Waals surface area contributed by atoms with E-state index in [4.69, 9.17) is 0 Å². The number of imidazole rings is 1. The predicted molar refractivity (Wildman–Crippen MR) is 117 cm³/mol. The summed E-state index contributed by atoms with van der Waals surface area (Å²) in [5.41, 5.74) is 2.86. The van der Waals surface area contributed by atoms with Gasteiger partial charge in [0.1, 0.15) is 5.82 Å². The molecule has 0 unspecified atom stereocenters. The van der Waals surface area contributed by atoms with Gasteiger partial charge in [-0.3, -0.25) is 4.79 Å². The number of thioether (sulfide) groups is 1. The van der Waals surface area contributed by atoms with Gasteiger partial charge < -0.3 is 9.88 Å². The SMILES string of the molecule is CCn1c(SCC(=O)N[C@H](c2ccc(F)cc2)c2cccs2)nc2ccccc21. The van der Waals surface area contributed by atoms with Crippen LogP contribution in [0.5, 0.6) is 0 Å². The number of carbonyl (C=O) groups excluding carboxylic acids is 1. The molecule has 0 aliphatic heterocycles. The van der Waals surface area contributed by atoms with Crippen LogP contribution in [0.15, 0.2) is 71.2 Å². The molecule has 1 atom stereocenters. The molecule has 148 valence electrons. The summed E-state index contributed by atoms with van der Waals surface area (Å²) in [6, 6.07) is 17.9. The highest BCUT2D eigenvalue weighted by Crippen LogP contribution is 2.27. The summed E-state index contributed by atoms with van der Waals surface area (Å²) in [4.78, 5) is 18.4. The fourth-order valence-corrected chi connectivity index (χ4v) is 4.92. The van der Waals surface area contributed by atoms with Crippen LogP contribution in [-0.2, 0) is 11.3 Å². The van der Waals surface area contributed by atoms with Crippen molar-refractivity contribution in [3.63, 3.8) is 0 Å². The second kappa shape index (κ2) is 8.80. The van der Waals surface area contributed by atoms with Crippen LogP contribution in [0.4, 0.5) is 4.39 Å². The Kier molecular flexibility index (Phi) is 5.97. The first kappa shape index (κ1) is 19.7. The largest absolute Gasteiger partial charge is 0.344 e. The summed E-state index contributed by atoms with van der Waals surface area (Å²) in [7, 11) is 0. The Bertz CT molecular complexity index is 1110. The summed E-state index contributed by atoms with van der Waals surface area (Å²) in [5, 5.41) is 5.89. The Morgan fingerprint density at radius 1 is 1.17 bits per heavy atom. The van der Waals surface area contributed by atoms with E-state index in [-0.39, 0.29) is 23.5 Å². The number of benzene rings is 2. The molecule has 0 bridgehead atoms. The minimum Gasteiger partial charge on any atom is -0.344 e. The highest BCUT2D eigenvalue weighted by atomic mass is 32.2. The summed E-state index contributed by atoms with van der Waals surface area (Å²) in [5.74, 6) is -0.127. The van der Waals surface area contributed by atoms with Gasteiger partial charge in [0.15, 0.2) is 5.16 Å². The molecule has 0 aliphatic rings. The molecule has 1 amide bonds. The van der Waals surface area contributed by atoms with Crippen LogP contribution in [0.25, 0.3) is 11.0 Å². The lowest BCUT2D eigenvalue weighted by molar-refractivity contribution is -0.119. The van der Waals surface area contributed by atoms with Crippen molar-refractivity contribution in [3.8, 4) is 0 Å². The molecule has 4 nitrogen and oxygen atoms in total. The van der Waals surface area contributed by atoms with Gasteiger partial charge in [0.25, 0.3) is 0 Å². The first-order valence-corrected chi connectivity index (χ1v) is 11.2. The van der Waals surface area contributed by atoms with E-state index < -0.39 is 0 Å². The predicted octanol–water partition coefficient (Wildman–Crippen LogP) is 5.25. The third-order valence-corrected chi connectivity index (χ3v) is 6.52. The van der Waals surface area contributed by atoms with E-state index in [2.05, 4.69) is 21.8 Å². The number of amides is 1. The van der Waals surface area contributed by atoms with Crippen molar-refractivity contribution < 1.29 is 9.18 Å². The lowest BCUT2D eigenvalue weighted by Gasteiger charge is -2.18. The fraction of sp³-hybridized carbons (Fsp3) is 0.182. The number of thiophene rings is 1. The van der Waals surface area contributed by atoms with E-state index in [1.807, 2.05) is 41.8 Å². The van der Waals surface area contributed by atoms with Gasteiger partial charge in [0.2, 0.25) is 5.91 Å². The van der Waals surface area contributed by atoms with Crippen LogP contribution in [0.3, 0.4) is 0 Å². The Morgan fingerprint density at radius 2 is 1.97 bits per heavy atom. The number of fused-ring (bicyclic) bond motifs is 1. The number of hydrogen-bond acceptors (Lipinski definition) is 4. The van der Waals surface area contributed by atoms with Crippen molar-refractivity contribution in [1.29, 1.82) is 0 Å². The van der Waals surface area contributed by atoms with E-state index in [0.717, 1.165) is 33.2 Å². The molecule has 0 saturated heterocycles. The molecule has 2 aromatic carbocycles. The molecule has 4 rings (SSSR count). The molecule has 0 fully saturated rings. The maximum absolute atomic E-state index is 13.3. The highest BCUT2D eigenvalue weighted by Gasteiger charge is 2.19. The number of rotatable bonds is 7. The second-order valence-electron chi connectivity index (χ2n) is 6.48. The standard InChI is InChI=1S/C22H20FN3OS2/c1-2-26-18-7-4-3-6-17(18)24-22(26)29-14-20(27)25-21(19-8-5-13-28-19)15-9-11-16(23)12-10-15/h3-13,21H,2,14H2,1H3,(H,25,27)/t21-/m1/s1. The highest BCUT2D eigenvalue weighted by molar-refractivity contribution is 7.99. The van der Waals surface area contributed by atoms with Crippen LogP contribution in [-0.4, -0.2) is 21.2 Å². The number of para-hydroxylation sites is 2. The third kappa shape index (κ3) is 4.36. The van der Waals surface area contributed by atoms with Gasteiger partial charge in [0.05, 0.1) is 22.8 Å². The average Bonchev–Trinajstić information content (AvgIpc) is 3.38. The second-order valence-corrected chi connectivity index (χ2v) is 8.41. The molecule has 29 heavy (non-hydrogen) atoms. The Hall–Kier alpha value is -2.64. The molecule has 0 saturated carbocycles. The molecule has 2 heterocycles. The molecule has 4 aromatic rings. The zero-order chi connectivity index (χ0) is 20.2. The summed E-state index contributed by atoms with van der Waals surface area (Å²) < 4.78 is 15.4. The molecule has 0 spiro atoms. The van der Waals surface area contributed by atoms with Crippen molar-refractivity contribution in [2.45, 2.75) is 24.7 Å². The van der Waals surface area contributed by atoms with E-state index >= 15 is 0 Å². The van der Waals surface area contributed by atoms with Gasteiger partial charge in [-0.25, -0.2) is 9.37 Å². The van der Waals surface area contributed by atoms with Gasteiger partial charge in [-0.15, -0.1) is 11.3 Å². The minimum atomic E-state index is -0.298. The zero-order valence-corrected chi connectivity index (χ0v) is 17.5. The monoisotopic (exact) mass is 425 g/mol. The molecular formula is C22H20FN3OS2. The molecule has 0 aliphatic carbocycles. The topological polar surface area (TPSA) is 46.9 Å². The number of hydrogen-bond donors (Lipinski definition) is 1. The smallest absolute Gasteiger partial charge is 0.231 e. The fourth-order valence-electron chi connectivity index (χ4n) is 3.23. The van der Waals surface area contributed by atoms with Crippen molar-refractivity contribution in [1.82, 2.24) is 14.9 Å². The normalized spacial score (nSPS) is 12.2. The van der Waals surface area contributed by atoms with E-state index in [1.165, 1.54) is 23.9 Å². The minimum absolute atomic E-state index is 0.0903. The number of aryl methyl sites for hydroxylation is 1. The first-order chi connectivity index (χ1) is 14.2. The van der Waals surface area contributed by atoms with Gasteiger partial charge in [-0.2, -0.15) is 0 Å². The lowest BCUT2D eigenvalue weighted by Crippen LogP contribution is -2.30. The molecular weight excluding hydrogens is 405 g/mol. The van der Waals surface area contributed by atoms with E-state index in [9.17, 15) is 9.18 Å². The van der Waals surface area contributed by atoms with Gasteiger partial charge in [0, 0.05) is 11.4 Å².